The zero-order chi connectivity index (χ0) is 47.8. The van der Waals surface area contributed by atoms with E-state index in [1.165, 1.54) is 11.4 Å². The molecule has 0 saturated carbocycles. The van der Waals surface area contributed by atoms with E-state index in [0.29, 0.717) is 22.6 Å². The van der Waals surface area contributed by atoms with Gasteiger partial charge in [-0.3, -0.25) is 9.59 Å². The highest BCUT2D eigenvalue weighted by atomic mass is 32.1. The molecule has 346 valence electrons. The molecule has 1 aliphatic rings. The van der Waals surface area contributed by atoms with E-state index >= 15 is 0 Å². The summed E-state index contributed by atoms with van der Waals surface area (Å²) in [6.45, 7) is 8.00. The standard InChI is InChI=1S/C60H48N4O4S.CH4/c1-35-31-43(32-36(2)53(35)59(65)61-37(3)39-17-9-7-10-18-39)45-25-13-21-41-23-15-27-47(54(41)45)49-29-30-50(58-57(49)63-69-64-58)48-28-16-24-42-22-14-26-46(55(42)48)44-33-51(67-5)56(52(34-44)68-6)60(66)62-38(4)40-19-11-8-12-20-40;/h7-34,37-38H,1-6H3;1H4/p+2/t37?,38-;/m1./s1. The molecule has 1 heterocycles. The van der Waals surface area contributed by atoms with Crippen LogP contribution in [0.2, 0.25) is 0 Å². The number of carbonyl (C=O) groups is 2. The topological polar surface area (TPSA) is 105 Å². The molecule has 9 heteroatoms. The van der Waals surface area contributed by atoms with Crippen LogP contribution in [0.5, 0.6) is 11.5 Å². The monoisotopic (exact) mass is 938 g/mol. The molecule has 2 atom stereocenters. The minimum atomic E-state index is -0.293. The molecule has 2 N–H and O–H groups in total. The first-order valence-corrected chi connectivity index (χ1v) is 23.8. The van der Waals surface area contributed by atoms with Crippen LogP contribution in [0.15, 0.2) is 170 Å². The molecule has 8 nitrogen and oxygen atoms in total. The number of hydrogen-bond donors (Lipinski definition) is 2. The van der Waals surface area contributed by atoms with Crippen LogP contribution in [-0.2, 0) is 11.4 Å². The summed E-state index contributed by atoms with van der Waals surface area (Å²) in [4.78, 5) is 27.7. The van der Waals surface area contributed by atoms with E-state index in [-0.39, 0.29) is 31.3 Å². The number of amides is 2. The quantitative estimate of drug-likeness (QED) is 0.119. The largest absolute Gasteiger partial charge is 0.700 e. The number of rotatable bonds is 12. The molecule has 0 aromatic heterocycles. The number of nitrogens with zero attached hydrogens (tertiary/aromatic N) is 2. The van der Waals surface area contributed by atoms with Gasteiger partial charge in [0, 0.05) is 5.56 Å². The molecule has 10 rings (SSSR count). The van der Waals surface area contributed by atoms with E-state index in [9.17, 15) is 9.59 Å². The number of nitrogens with one attached hydrogen (secondary N) is 2. The Morgan fingerprint density at radius 1 is 0.471 bits per heavy atom. The van der Waals surface area contributed by atoms with Crippen LogP contribution in [-0.4, -0.2) is 26.0 Å². The number of aryl methyl sites for hydroxylation is 2. The lowest BCUT2D eigenvalue weighted by Gasteiger charge is -2.19. The van der Waals surface area contributed by atoms with Gasteiger partial charge in [0.25, 0.3) is 11.8 Å². The van der Waals surface area contributed by atoms with Crippen molar-refractivity contribution in [1.29, 1.82) is 0 Å². The third-order valence-corrected chi connectivity index (χ3v) is 13.7. The van der Waals surface area contributed by atoms with Gasteiger partial charge in [0.05, 0.1) is 45.5 Å². The average Bonchev–Trinajstić information content (AvgIpc) is 3.88. The van der Waals surface area contributed by atoms with Gasteiger partial charge in [0.1, 0.15) is 17.1 Å². The van der Waals surface area contributed by atoms with Crippen LogP contribution in [0, 0.1) is 13.8 Å². The zero-order valence-electron chi connectivity index (χ0n) is 39.3. The Morgan fingerprint density at radius 2 is 0.857 bits per heavy atom. The fourth-order valence-electron chi connectivity index (χ4n) is 9.87. The molecular formula is C61H54N4O4S+2. The first kappa shape index (κ1) is 46.8. The summed E-state index contributed by atoms with van der Waals surface area (Å²) >= 11 is 1.20. The van der Waals surface area contributed by atoms with Crippen molar-refractivity contribution in [2.24, 2.45) is 0 Å². The Morgan fingerprint density at radius 3 is 1.27 bits per heavy atom. The summed E-state index contributed by atoms with van der Waals surface area (Å²) in [7, 11) is 3.15. The smallest absolute Gasteiger partial charge is 0.496 e. The van der Waals surface area contributed by atoms with Gasteiger partial charge in [-0.2, -0.15) is 0 Å². The molecule has 9 aromatic rings. The summed E-state index contributed by atoms with van der Waals surface area (Å²) in [6, 6.07) is 57.3. The highest BCUT2D eigenvalue weighted by Crippen LogP contribution is 2.42. The van der Waals surface area contributed by atoms with E-state index < -0.39 is 0 Å². The van der Waals surface area contributed by atoms with Crippen LogP contribution in [0.4, 0.5) is 0 Å². The van der Waals surface area contributed by atoms with E-state index in [0.717, 1.165) is 99.0 Å². The average molecular weight is 939 g/mol. The first-order chi connectivity index (χ1) is 33.6. The van der Waals surface area contributed by atoms with Gasteiger partial charge < -0.3 is 20.1 Å². The molecular weight excluding hydrogens is 885 g/mol. The number of hydrogen-bond acceptors (Lipinski definition) is 4. The van der Waals surface area contributed by atoms with Crippen LogP contribution >= 0.6 is 0 Å². The summed E-state index contributed by atoms with van der Waals surface area (Å²) < 4.78 is 21.8. The second-order valence-electron chi connectivity index (χ2n) is 17.5. The summed E-state index contributed by atoms with van der Waals surface area (Å²) in [5.41, 5.74) is 12.7. The second kappa shape index (κ2) is 19.7. The van der Waals surface area contributed by atoms with Crippen LogP contribution in [0.3, 0.4) is 0 Å². The van der Waals surface area contributed by atoms with Crippen molar-refractivity contribution in [3.8, 4) is 56.0 Å². The summed E-state index contributed by atoms with van der Waals surface area (Å²) in [6.07, 6.45) is 0. The fraction of sp³-hybridized carbons (Fsp3) is 0.148. The SMILES string of the molecule is C.COc1cc(-c2cccc3cccc(-c4ccc(-c5cccc6cccc(-c7cc(C)c(C(=O)NC(C)c8ccccc8)c(C)c7)c56)c5c4=[N+]=S=[N+]=5)c23)cc(OC)c1C(=O)N[C@H](C)c1ccccc1. The van der Waals surface area contributed by atoms with Crippen molar-refractivity contribution in [2.45, 2.75) is 47.2 Å². The van der Waals surface area contributed by atoms with Gasteiger partial charge >= 0.3 is 22.1 Å². The molecule has 1 aliphatic heterocycles. The molecule has 0 fully saturated rings. The fourth-order valence-corrected chi connectivity index (χ4v) is 10.4. The highest BCUT2D eigenvalue weighted by molar-refractivity contribution is 7.55. The molecule has 0 bridgehead atoms. The number of ether oxygens (including phenoxy) is 2. The van der Waals surface area contributed by atoms with Gasteiger partial charge in [-0.25, -0.2) is 0 Å². The predicted molar refractivity (Wildman–Crippen MR) is 286 cm³/mol. The minimum absolute atomic E-state index is 0. The second-order valence-corrected chi connectivity index (χ2v) is 18.0. The third-order valence-electron chi connectivity index (χ3n) is 13.2. The lowest BCUT2D eigenvalue weighted by molar-refractivity contribution is 0.0927. The van der Waals surface area contributed by atoms with Gasteiger partial charge in [-0.05, 0) is 129 Å². The first-order valence-electron chi connectivity index (χ1n) is 23.0. The zero-order valence-corrected chi connectivity index (χ0v) is 40.1. The minimum Gasteiger partial charge on any atom is -0.496 e. The van der Waals surface area contributed by atoms with E-state index in [1.807, 2.05) is 107 Å². The Balaban J connectivity index is 0.00000608. The number of fused-ring (bicyclic) bond motifs is 3. The van der Waals surface area contributed by atoms with Gasteiger partial charge in [-0.15, -0.1) is 0 Å². The van der Waals surface area contributed by atoms with E-state index in [1.54, 1.807) is 14.2 Å². The van der Waals surface area contributed by atoms with E-state index in [2.05, 4.69) is 102 Å². The van der Waals surface area contributed by atoms with Crippen LogP contribution in [0.1, 0.15) is 76.3 Å². The Labute approximate surface area is 411 Å². The molecule has 0 saturated heterocycles. The molecule has 1 unspecified atom stereocenters. The number of carbonyl (C=O) groups excluding carboxylic acids is 2. The van der Waals surface area contributed by atoms with Crippen molar-refractivity contribution < 1.29 is 19.1 Å². The van der Waals surface area contributed by atoms with Crippen molar-refractivity contribution in [1.82, 2.24) is 18.7 Å². The third kappa shape index (κ3) is 8.59. The molecule has 0 aliphatic carbocycles. The number of methoxy groups -OCH3 is 2. The van der Waals surface area contributed by atoms with Crippen molar-refractivity contribution in [3.05, 3.63) is 214 Å². The highest BCUT2D eigenvalue weighted by Gasteiger charge is 2.30. The Bertz CT molecular complexity index is 3700. The lowest BCUT2D eigenvalue weighted by Crippen LogP contribution is -2.31. The van der Waals surface area contributed by atoms with Gasteiger partial charge in [-0.1, -0.05) is 153 Å². The van der Waals surface area contributed by atoms with Gasteiger partial charge in [0.2, 0.25) is 0 Å². The van der Waals surface area contributed by atoms with Gasteiger partial charge in [0.15, 0.2) is 0 Å². The maximum absolute atomic E-state index is 13.9. The summed E-state index contributed by atoms with van der Waals surface area (Å²) in [5, 5.41) is 12.2. The van der Waals surface area contributed by atoms with E-state index in [4.69, 9.17) is 17.6 Å². The van der Waals surface area contributed by atoms with Crippen molar-refractivity contribution >= 4 is 44.7 Å². The van der Waals surface area contributed by atoms with Crippen molar-refractivity contribution in [2.75, 3.05) is 14.2 Å². The van der Waals surface area contributed by atoms with Crippen LogP contribution in [0.25, 0.3) is 66.1 Å². The maximum Gasteiger partial charge on any atom is 0.700 e. The maximum atomic E-state index is 13.9. The van der Waals surface area contributed by atoms with Crippen molar-refractivity contribution in [3.63, 3.8) is 0 Å². The molecule has 70 heavy (non-hydrogen) atoms. The number of benzene rings is 9. The normalized spacial score (nSPS) is 12.1. The molecule has 0 spiro atoms. The Kier molecular flexibility index (Phi) is 13.2. The summed E-state index contributed by atoms with van der Waals surface area (Å²) in [5.74, 6) is 0.428. The molecule has 2 amide bonds. The lowest BCUT2D eigenvalue weighted by atomic mass is 9.87. The predicted octanol–water partition coefficient (Wildman–Crippen LogP) is 11.8. The van der Waals surface area contributed by atoms with Crippen LogP contribution < -0.4 is 38.9 Å². The Hall–Kier alpha value is -8.32. The molecule has 9 aromatic carbocycles. The molecule has 0 radical (unpaired) electrons.